The van der Waals surface area contributed by atoms with Crippen LogP contribution in [0.1, 0.15) is 9.67 Å². The van der Waals surface area contributed by atoms with Crippen LogP contribution in [0, 0.1) is 5.82 Å². The molecule has 56 valence electrons. The number of hydrogen-bond acceptors (Lipinski definition) is 2. The predicted octanol–water partition coefficient (Wildman–Crippen LogP) is 1.37. The number of hydrogen-bond donors (Lipinski definition) is 0. The molecule has 0 saturated carbocycles. The summed E-state index contributed by atoms with van der Waals surface area (Å²) in [5, 5.41) is 1.45. The van der Waals surface area contributed by atoms with Gasteiger partial charge in [-0.15, -0.1) is 11.3 Å². The highest BCUT2D eigenvalue weighted by molar-refractivity contribution is 7.12. The first-order valence-corrected chi connectivity index (χ1v) is 3.58. The number of thiophene rings is 1. The smallest absolute Gasteiger partial charge is 0.329 e. The molecule has 0 fully saturated rings. The van der Waals surface area contributed by atoms with Crippen molar-refractivity contribution in [3.8, 4) is 0 Å². The van der Waals surface area contributed by atoms with Gasteiger partial charge in [-0.2, -0.15) is 4.79 Å². The quantitative estimate of drug-likeness (QED) is 0.286. The Bertz CT molecular complexity index is 327. The SMILES string of the molecule is [N-]=[N+]=CC(=O)c1sccc1F. The Labute approximate surface area is 65.7 Å². The highest BCUT2D eigenvalue weighted by atomic mass is 32.1. The van der Waals surface area contributed by atoms with Crippen LogP contribution in [-0.4, -0.2) is 16.8 Å². The minimum atomic E-state index is -0.625. The van der Waals surface area contributed by atoms with Gasteiger partial charge in [-0.25, -0.2) is 4.39 Å². The predicted molar refractivity (Wildman–Crippen MR) is 38.3 cm³/mol. The average Bonchev–Trinajstić information content (AvgIpc) is 2.36. The molecular weight excluding hydrogens is 167 g/mol. The minimum Gasteiger partial charge on any atom is -0.361 e. The molecule has 0 unspecified atom stereocenters. The molecule has 0 bridgehead atoms. The van der Waals surface area contributed by atoms with Gasteiger partial charge in [-0.05, 0) is 11.4 Å². The lowest BCUT2D eigenvalue weighted by atomic mass is 10.3. The van der Waals surface area contributed by atoms with E-state index in [1.807, 2.05) is 0 Å². The molecule has 0 spiro atoms. The summed E-state index contributed by atoms with van der Waals surface area (Å²) in [5.74, 6) is -1.21. The summed E-state index contributed by atoms with van der Waals surface area (Å²) in [7, 11) is 0. The lowest BCUT2D eigenvalue weighted by Crippen LogP contribution is -1.99. The van der Waals surface area contributed by atoms with Crippen molar-refractivity contribution >= 4 is 23.3 Å². The molecule has 0 atom stereocenters. The maximum absolute atomic E-state index is 12.6. The first-order chi connectivity index (χ1) is 5.25. The van der Waals surface area contributed by atoms with E-state index in [4.69, 9.17) is 5.53 Å². The van der Waals surface area contributed by atoms with Crippen molar-refractivity contribution in [2.45, 2.75) is 0 Å². The number of rotatable bonds is 2. The lowest BCUT2D eigenvalue weighted by Gasteiger charge is -1.81. The third-order valence-electron chi connectivity index (χ3n) is 1.02. The summed E-state index contributed by atoms with van der Waals surface area (Å²) in [5.41, 5.74) is 7.96. The Morgan fingerprint density at radius 1 is 1.82 bits per heavy atom. The van der Waals surface area contributed by atoms with Gasteiger partial charge in [0.1, 0.15) is 10.7 Å². The number of carbonyl (C=O) groups excluding carboxylic acids is 1. The number of nitrogens with zero attached hydrogens (tertiary/aromatic N) is 2. The van der Waals surface area contributed by atoms with Gasteiger partial charge in [0, 0.05) is 0 Å². The van der Waals surface area contributed by atoms with Gasteiger partial charge in [-0.1, -0.05) is 0 Å². The zero-order valence-corrected chi connectivity index (χ0v) is 6.14. The van der Waals surface area contributed by atoms with Crippen LogP contribution in [0.3, 0.4) is 0 Å². The third-order valence-corrected chi connectivity index (χ3v) is 1.92. The van der Waals surface area contributed by atoms with Crippen molar-refractivity contribution in [2.24, 2.45) is 0 Å². The molecular formula is C6H3FN2OS. The molecule has 1 heterocycles. The Hall–Kier alpha value is -1.32. The molecule has 0 saturated heterocycles. The summed E-state index contributed by atoms with van der Waals surface area (Å²) in [6, 6.07) is 1.18. The molecule has 0 aliphatic heterocycles. The Kier molecular flexibility index (Phi) is 2.25. The van der Waals surface area contributed by atoms with Crippen molar-refractivity contribution < 1.29 is 14.0 Å². The van der Waals surface area contributed by atoms with Gasteiger partial charge in [0.25, 0.3) is 5.78 Å². The molecule has 1 aromatic rings. The van der Waals surface area contributed by atoms with E-state index < -0.39 is 11.6 Å². The molecule has 1 aromatic heterocycles. The van der Waals surface area contributed by atoms with E-state index in [1.54, 1.807) is 0 Å². The van der Waals surface area contributed by atoms with Crippen LogP contribution in [0.2, 0.25) is 0 Å². The van der Waals surface area contributed by atoms with E-state index in [0.29, 0.717) is 6.21 Å². The molecule has 5 heteroatoms. The second-order valence-corrected chi connectivity index (χ2v) is 2.62. The first kappa shape index (κ1) is 7.78. The van der Waals surface area contributed by atoms with Gasteiger partial charge in [0.2, 0.25) is 0 Å². The molecule has 0 aliphatic rings. The van der Waals surface area contributed by atoms with Crippen LogP contribution < -0.4 is 0 Å². The number of carbonyl (C=O) groups is 1. The molecule has 11 heavy (non-hydrogen) atoms. The van der Waals surface area contributed by atoms with Crippen molar-refractivity contribution in [2.75, 3.05) is 0 Å². The van der Waals surface area contributed by atoms with Gasteiger partial charge >= 0.3 is 6.21 Å². The van der Waals surface area contributed by atoms with Gasteiger partial charge < -0.3 is 5.53 Å². The first-order valence-electron chi connectivity index (χ1n) is 2.70. The van der Waals surface area contributed by atoms with E-state index in [0.717, 1.165) is 11.3 Å². The second kappa shape index (κ2) is 3.18. The maximum atomic E-state index is 12.6. The van der Waals surface area contributed by atoms with Crippen LogP contribution >= 0.6 is 11.3 Å². The van der Waals surface area contributed by atoms with E-state index in [9.17, 15) is 9.18 Å². The van der Waals surface area contributed by atoms with E-state index in [-0.39, 0.29) is 4.88 Å². The van der Waals surface area contributed by atoms with Crippen LogP contribution in [0.5, 0.6) is 0 Å². The Balaban J connectivity index is 3.02. The van der Waals surface area contributed by atoms with E-state index in [1.165, 1.54) is 11.4 Å². The molecule has 0 radical (unpaired) electrons. The van der Waals surface area contributed by atoms with Crippen molar-refractivity contribution in [3.05, 3.63) is 27.7 Å². The lowest BCUT2D eigenvalue weighted by molar-refractivity contribution is 0.00235. The molecule has 0 aliphatic carbocycles. The van der Waals surface area contributed by atoms with Gasteiger partial charge in [-0.3, -0.25) is 4.79 Å². The summed E-state index contributed by atoms with van der Waals surface area (Å²) in [4.78, 5) is 13.2. The largest absolute Gasteiger partial charge is 0.361 e. The Morgan fingerprint density at radius 2 is 2.55 bits per heavy atom. The van der Waals surface area contributed by atoms with Crippen LogP contribution in [0.25, 0.3) is 5.53 Å². The fourth-order valence-electron chi connectivity index (χ4n) is 0.581. The summed E-state index contributed by atoms with van der Waals surface area (Å²) in [6.45, 7) is 0. The zero-order valence-electron chi connectivity index (χ0n) is 5.32. The molecule has 3 nitrogen and oxygen atoms in total. The zero-order chi connectivity index (χ0) is 8.27. The fraction of sp³-hybridized carbons (Fsp3) is 0. The number of Topliss-reactive ketones (excluding diaryl/α,β-unsaturated/α-hetero) is 1. The number of halogens is 1. The summed E-state index contributed by atoms with van der Waals surface area (Å²) >= 11 is 0.971. The van der Waals surface area contributed by atoms with Crippen molar-refractivity contribution in [3.63, 3.8) is 0 Å². The van der Waals surface area contributed by atoms with E-state index in [2.05, 4.69) is 4.79 Å². The molecule has 1 rings (SSSR count). The molecule has 0 amide bonds. The highest BCUT2D eigenvalue weighted by Crippen LogP contribution is 2.13. The molecule has 0 N–H and O–H groups in total. The standard InChI is InChI=1S/C6H3FN2OS/c7-4-1-2-11-6(4)5(10)3-9-8/h1-3H. The normalized spacial score (nSPS) is 8.82. The minimum absolute atomic E-state index is 0.0391. The van der Waals surface area contributed by atoms with Crippen LogP contribution in [0.15, 0.2) is 11.4 Å². The molecule has 0 aromatic carbocycles. The van der Waals surface area contributed by atoms with Crippen LogP contribution in [-0.2, 0) is 0 Å². The topological polar surface area (TPSA) is 53.5 Å². The monoisotopic (exact) mass is 170 g/mol. The highest BCUT2D eigenvalue weighted by Gasteiger charge is 2.13. The van der Waals surface area contributed by atoms with Crippen LogP contribution in [0.4, 0.5) is 4.39 Å². The number of ketones is 1. The second-order valence-electron chi connectivity index (χ2n) is 1.71. The van der Waals surface area contributed by atoms with Crippen molar-refractivity contribution in [1.29, 1.82) is 0 Å². The van der Waals surface area contributed by atoms with Gasteiger partial charge in [0.05, 0.1) is 0 Å². The maximum Gasteiger partial charge on any atom is 0.329 e. The average molecular weight is 170 g/mol. The van der Waals surface area contributed by atoms with Gasteiger partial charge in [0.15, 0.2) is 0 Å². The Morgan fingerprint density at radius 3 is 3.00 bits per heavy atom. The third kappa shape index (κ3) is 1.58. The summed E-state index contributed by atoms with van der Waals surface area (Å²) < 4.78 is 12.6. The summed E-state index contributed by atoms with van der Waals surface area (Å²) in [6.07, 6.45) is 0.662. The fourth-order valence-corrected chi connectivity index (χ4v) is 1.25. The van der Waals surface area contributed by atoms with Crippen molar-refractivity contribution in [1.82, 2.24) is 0 Å². The van der Waals surface area contributed by atoms with E-state index >= 15 is 0 Å².